The number of hydrogen-bond acceptors (Lipinski definition) is 4. The maximum absolute atomic E-state index is 11.4. The Hall–Kier alpha value is -1.69. The van der Waals surface area contributed by atoms with E-state index in [1.165, 1.54) is 0 Å². The number of aromatic amines is 1. The fourth-order valence-corrected chi connectivity index (χ4v) is 1.32. The third-order valence-corrected chi connectivity index (χ3v) is 2.18. The van der Waals surface area contributed by atoms with Crippen LogP contribution in [0.4, 0.5) is 0 Å². The summed E-state index contributed by atoms with van der Waals surface area (Å²) in [5.41, 5.74) is -1.48. The van der Waals surface area contributed by atoms with E-state index in [2.05, 4.69) is 9.97 Å². The van der Waals surface area contributed by atoms with Gasteiger partial charge in [-0.2, -0.15) is 0 Å². The molecular weight excluding hydrogens is 212 g/mol. The SMILES string of the molecule is COCC(C)(C)c1ncc(C(=O)O)c(=O)[nH]1. The molecule has 0 aromatic carbocycles. The van der Waals surface area contributed by atoms with E-state index < -0.39 is 16.9 Å². The van der Waals surface area contributed by atoms with Crippen LogP contribution in [0.15, 0.2) is 11.0 Å². The third kappa shape index (κ3) is 2.46. The first-order valence-corrected chi connectivity index (χ1v) is 4.70. The first kappa shape index (κ1) is 12.4. The molecule has 0 aliphatic carbocycles. The normalized spacial score (nSPS) is 11.4. The van der Waals surface area contributed by atoms with Crippen molar-refractivity contribution in [2.24, 2.45) is 0 Å². The minimum atomic E-state index is -1.29. The van der Waals surface area contributed by atoms with E-state index in [0.717, 1.165) is 6.20 Å². The lowest BCUT2D eigenvalue weighted by Gasteiger charge is -2.21. The number of carboxylic acid groups (broad SMARTS) is 1. The smallest absolute Gasteiger partial charge is 0.342 e. The van der Waals surface area contributed by atoms with Crippen molar-refractivity contribution in [3.63, 3.8) is 0 Å². The molecule has 0 bridgehead atoms. The molecule has 1 heterocycles. The van der Waals surface area contributed by atoms with Gasteiger partial charge in [0.1, 0.15) is 11.4 Å². The lowest BCUT2D eigenvalue weighted by molar-refractivity contribution is 0.0694. The van der Waals surface area contributed by atoms with Gasteiger partial charge in [-0.3, -0.25) is 4.79 Å². The molecule has 1 rings (SSSR count). The van der Waals surface area contributed by atoms with Gasteiger partial charge in [-0.15, -0.1) is 0 Å². The van der Waals surface area contributed by atoms with Crippen LogP contribution in [0.25, 0.3) is 0 Å². The zero-order chi connectivity index (χ0) is 12.3. The predicted molar refractivity (Wildman–Crippen MR) is 56.7 cm³/mol. The Morgan fingerprint density at radius 1 is 1.62 bits per heavy atom. The van der Waals surface area contributed by atoms with Crippen LogP contribution in [0.2, 0.25) is 0 Å². The number of nitrogens with one attached hydrogen (secondary N) is 1. The van der Waals surface area contributed by atoms with Crippen molar-refractivity contribution in [2.75, 3.05) is 13.7 Å². The summed E-state index contributed by atoms with van der Waals surface area (Å²) >= 11 is 0. The first-order valence-electron chi connectivity index (χ1n) is 4.70. The fourth-order valence-electron chi connectivity index (χ4n) is 1.32. The molecule has 0 saturated heterocycles. The van der Waals surface area contributed by atoms with E-state index in [9.17, 15) is 9.59 Å². The topological polar surface area (TPSA) is 92.3 Å². The Balaban J connectivity index is 3.16. The lowest BCUT2D eigenvalue weighted by Crippen LogP contribution is -2.31. The second-order valence-corrected chi connectivity index (χ2v) is 4.10. The number of carbonyl (C=O) groups is 1. The van der Waals surface area contributed by atoms with Crippen LogP contribution >= 0.6 is 0 Å². The summed E-state index contributed by atoms with van der Waals surface area (Å²) in [6.45, 7) is 4.06. The van der Waals surface area contributed by atoms with Gasteiger partial charge in [0.15, 0.2) is 0 Å². The predicted octanol–water partition coefficient (Wildman–Crippen LogP) is 0.392. The number of rotatable bonds is 4. The molecule has 6 heteroatoms. The van der Waals surface area contributed by atoms with Gasteiger partial charge < -0.3 is 14.8 Å². The molecule has 0 unspecified atom stereocenters. The van der Waals surface area contributed by atoms with Crippen molar-refractivity contribution in [3.05, 3.63) is 27.9 Å². The van der Waals surface area contributed by atoms with Crippen molar-refractivity contribution in [3.8, 4) is 0 Å². The highest BCUT2D eigenvalue weighted by molar-refractivity contribution is 5.86. The van der Waals surface area contributed by atoms with Gasteiger partial charge in [0.05, 0.1) is 6.61 Å². The van der Waals surface area contributed by atoms with E-state index in [1.807, 2.05) is 13.8 Å². The maximum Gasteiger partial charge on any atom is 0.342 e. The van der Waals surface area contributed by atoms with Gasteiger partial charge in [-0.05, 0) is 0 Å². The van der Waals surface area contributed by atoms with Gasteiger partial charge in [0.25, 0.3) is 5.56 Å². The molecule has 0 aliphatic heterocycles. The number of hydrogen-bond donors (Lipinski definition) is 2. The summed E-state index contributed by atoms with van der Waals surface area (Å²) < 4.78 is 5.00. The van der Waals surface area contributed by atoms with E-state index >= 15 is 0 Å². The van der Waals surface area contributed by atoms with Crippen molar-refractivity contribution in [1.29, 1.82) is 0 Å². The number of nitrogens with zero attached hydrogens (tertiary/aromatic N) is 1. The molecule has 6 nitrogen and oxygen atoms in total. The quantitative estimate of drug-likeness (QED) is 0.774. The van der Waals surface area contributed by atoms with Gasteiger partial charge >= 0.3 is 5.97 Å². The van der Waals surface area contributed by atoms with Crippen molar-refractivity contribution >= 4 is 5.97 Å². The highest BCUT2D eigenvalue weighted by atomic mass is 16.5. The summed E-state index contributed by atoms with van der Waals surface area (Å²) in [6.07, 6.45) is 1.06. The minimum absolute atomic E-state index is 0.364. The number of H-pyrrole nitrogens is 1. The largest absolute Gasteiger partial charge is 0.477 e. The monoisotopic (exact) mass is 226 g/mol. The van der Waals surface area contributed by atoms with Crippen LogP contribution in [0, 0.1) is 0 Å². The molecule has 1 aromatic heterocycles. The molecule has 0 radical (unpaired) electrons. The van der Waals surface area contributed by atoms with Crippen LogP contribution < -0.4 is 5.56 Å². The summed E-state index contributed by atoms with van der Waals surface area (Å²) in [6, 6.07) is 0. The van der Waals surface area contributed by atoms with Crippen LogP contribution in [0.1, 0.15) is 30.0 Å². The van der Waals surface area contributed by atoms with Crippen LogP contribution in [-0.4, -0.2) is 34.8 Å². The molecule has 16 heavy (non-hydrogen) atoms. The number of carboxylic acids is 1. The van der Waals surface area contributed by atoms with Gasteiger partial charge in [0.2, 0.25) is 0 Å². The summed E-state index contributed by atoms with van der Waals surface area (Å²) in [4.78, 5) is 28.4. The minimum Gasteiger partial charge on any atom is -0.477 e. The Kier molecular flexibility index (Phi) is 3.44. The molecule has 88 valence electrons. The molecule has 0 amide bonds. The highest BCUT2D eigenvalue weighted by Crippen LogP contribution is 2.17. The van der Waals surface area contributed by atoms with Crippen molar-refractivity contribution in [1.82, 2.24) is 9.97 Å². The second-order valence-electron chi connectivity index (χ2n) is 4.10. The first-order chi connectivity index (χ1) is 7.38. The molecular formula is C10H14N2O4. The number of aromatic nitrogens is 2. The van der Waals surface area contributed by atoms with E-state index in [4.69, 9.17) is 9.84 Å². The average molecular weight is 226 g/mol. The summed E-state index contributed by atoms with van der Waals surface area (Å²) in [5.74, 6) is -0.880. The Morgan fingerprint density at radius 3 is 2.69 bits per heavy atom. The molecule has 2 N–H and O–H groups in total. The molecule has 0 aliphatic rings. The maximum atomic E-state index is 11.4. The Labute approximate surface area is 92.3 Å². The van der Waals surface area contributed by atoms with Gasteiger partial charge in [-0.25, -0.2) is 9.78 Å². The van der Waals surface area contributed by atoms with E-state index in [1.54, 1.807) is 7.11 Å². The van der Waals surface area contributed by atoms with Gasteiger partial charge in [0, 0.05) is 18.7 Å². The van der Waals surface area contributed by atoms with Crippen LogP contribution in [0.3, 0.4) is 0 Å². The summed E-state index contributed by atoms with van der Waals surface area (Å²) in [7, 11) is 1.55. The zero-order valence-corrected chi connectivity index (χ0v) is 9.40. The molecule has 0 spiro atoms. The van der Waals surface area contributed by atoms with Crippen molar-refractivity contribution in [2.45, 2.75) is 19.3 Å². The van der Waals surface area contributed by atoms with Crippen LogP contribution in [-0.2, 0) is 10.2 Å². The standard InChI is InChI=1S/C10H14N2O4/c1-10(2,5-16-3)9-11-4-6(8(14)15)7(13)12-9/h4H,5H2,1-3H3,(H,14,15)(H,11,12,13). The van der Waals surface area contributed by atoms with Crippen LogP contribution in [0.5, 0.6) is 0 Å². The second kappa shape index (κ2) is 4.44. The molecule has 1 aromatic rings. The Morgan fingerprint density at radius 2 is 2.25 bits per heavy atom. The molecule has 0 saturated carbocycles. The molecule has 0 atom stereocenters. The van der Waals surface area contributed by atoms with Crippen molar-refractivity contribution < 1.29 is 14.6 Å². The van der Waals surface area contributed by atoms with Gasteiger partial charge in [-0.1, -0.05) is 13.8 Å². The van der Waals surface area contributed by atoms with E-state index in [-0.39, 0.29) is 5.56 Å². The van der Waals surface area contributed by atoms with E-state index in [0.29, 0.717) is 12.4 Å². The number of ether oxygens (including phenoxy) is 1. The fraction of sp³-hybridized carbons (Fsp3) is 0.500. The molecule has 0 fully saturated rings. The number of aromatic carboxylic acids is 1. The third-order valence-electron chi connectivity index (χ3n) is 2.18. The summed E-state index contributed by atoms with van der Waals surface area (Å²) in [5, 5.41) is 8.68. The Bertz CT molecular complexity index is 450. The highest BCUT2D eigenvalue weighted by Gasteiger charge is 2.24. The lowest BCUT2D eigenvalue weighted by atomic mass is 9.93. The number of methoxy groups -OCH3 is 1. The average Bonchev–Trinajstić information content (AvgIpc) is 2.16. The zero-order valence-electron chi connectivity index (χ0n) is 9.40.